The molecule has 10 aromatic rings. The van der Waals surface area contributed by atoms with Gasteiger partial charge in [-0.05, 0) is 123 Å². The summed E-state index contributed by atoms with van der Waals surface area (Å²) in [6.07, 6.45) is 2.58. The minimum Gasteiger partial charge on any atom is -0.311 e. The van der Waals surface area contributed by atoms with Gasteiger partial charge in [0.15, 0.2) is 0 Å². The second kappa shape index (κ2) is 19.0. The fourth-order valence-electron chi connectivity index (χ4n) is 10.4. The van der Waals surface area contributed by atoms with Gasteiger partial charge in [-0.15, -0.1) is 0 Å². The monoisotopic (exact) mass is 870 g/mol. The van der Waals surface area contributed by atoms with Crippen LogP contribution in [0.1, 0.15) is 39.3 Å². The highest BCUT2D eigenvalue weighted by Crippen LogP contribution is 2.61. The third kappa shape index (κ3) is 7.93. The van der Waals surface area contributed by atoms with Crippen LogP contribution in [0.3, 0.4) is 0 Å². The molecule has 0 bridgehead atoms. The Balaban J connectivity index is 1.18. The summed E-state index contributed by atoms with van der Waals surface area (Å²) in [5.74, 6) is -0.126. The zero-order valence-corrected chi connectivity index (χ0v) is 37.8. The summed E-state index contributed by atoms with van der Waals surface area (Å²) in [5.41, 5.74) is 16.8. The first-order valence-corrected chi connectivity index (χ1v) is 23.5. The molecule has 2 unspecified atom stereocenters. The van der Waals surface area contributed by atoms with Crippen molar-refractivity contribution in [2.24, 2.45) is 0 Å². The van der Waals surface area contributed by atoms with Crippen molar-refractivity contribution in [2.45, 2.75) is 11.3 Å². The van der Waals surface area contributed by atoms with E-state index in [2.05, 4.69) is 307 Å². The van der Waals surface area contributed by atoms with Gasteiger partial charge in [0.1, 0.15) is 0 Å². The van der Waals surface area contributed by atoms with E-state index in [0.717, 1.165) is 39.7 Å². The lowest BCUT2D eigenvalue weighted by Gasteiger charge is -2.48. The number of rotatable bonds is 12. The smallest absolute Gasteiger partial charge is 0.0566 e. The van der Waals surface area contributed by atoms with Gasteiger partial charge in [-0.25, -0.2) is 0 Å². The summed E-state index contributed by atoms with van der Waals surface area (Å²) in [7, 11) is 0. The van der Waals surface area contributed by atoms with Crippen LogP contribution in [0.5, 0.6) is 0 Å². The number of nitrogens with zero attached hydrogens (tertiary/aromatic N) is 2. The van der Waals surface area contributed by atoms with E-state index in [4.69, 9.17) is 0 Å². The van der Waals surface area contributed by atoms with Crippen LogP contribution in [0.2, 0.25) is 0 Å². The van der Waals surface area contributed by atoms with Gasteiger partial charge in [0.25, 0.3) is 0 Å². The molecule has 2 atom stereocenters. The summed E-state index contributed by atoms with van der Waals surface area (Å²) in [6.45, 7) is 0. The van der Waals surface area contributed by atoms with E-state index >= 15 is 0 Å². The van der Waals surface area contributed by atoms with Crippen molar-refractivity contribution in [2.75, 3.05) is 9.80 Å². The molecule has 0 fully saturated rings. The van der Waals surface area contributed by atoms with Gasteiger partial charge in [-0.3, -0.25) is 0 Å². The highest BCUT2D eigenvalue weighted by molar-refractivity contribution is 6.19. The van der Waals surface area contributed by atoms with Crippen LogP contribution in [0.15, 0.2) is 297 Å². The van der Waals surface area contributed by atoms with Crippen LogP contribution < -0.4 is 9.80 Å². The predicted molar refractivity (Wildman–Crippen MR) is 286 cm³/mol. The van der Waals surface area contributed by atoms with E-state index in [1.54, 1.807) is 0 Å². The molecule has 1 aliphatic carbocycles. The Morgan fingerprint density at radius 2 is 0.588 bits per heavy atom. The van der Waals surface area contributed by atoms with Gasteiger partial charge in [0.2, 0.25) is 0 Å². The molecule has 1 aliphatic rings. The molecular formula is C66H50N2. The van der Waals surface area contributed by atoms with Crippen molar-refractivity contribution >= 4 is 50.8 Å². The fraction of sp³-hybridized carbons (Fsp3) is 0.0303. The Hall–Kier alpha value is -8.72. The van der Waals surface area contributed by atoms with Gasteiger partial charge in [0.05, 0.1) is 5.41 Å². The second-order valence-corrected chi connectivity index (χ2v) is 17.2. The zero-order chi connectivity index (χ0) is 45.5. The number of anilines is 6. The summed E-state index contributed by atoms with van der Waals surface area (Å²) >= 11 is 0. The van der Waals surface area contributed by atoms with E-state index in [-0.39, 0.29) is 5.92 Å². The molecule has 0 saturated carbocycles. The first-order chi connectivity index (χ1) is 33.8. The third-order valence-electron chi connectivity index (χ3n) is 13.3. The van der Waals surface area contributed by atoms with Crippen LogP contribution in [-0.4, -0.2) is 0 Å². The summed E-state index contributed by atoms with van der Waals surface area (Å²) in [4.78, 5) is 4.67. The van der Waals surface area contributed by atoms with Crippen LogP contribution in [0, 0.1) is 0 Å². The summed E-state index contributed by atoms with van der Waals surface area (Å²) < 4.78 is 0. The van der Waals surface area contributed by atoms with Crippen LogP contribution >= 0.6 is 0 Å². The predicted octanol–water partition coefficient (Wildman–Crippen LogP) is 17.4. The quantitative estimate of drug-likeness (QED) is 0.121. The van der Waals surface area contributed by atoms with Crippen molar-refractivity contribution in [3.05, 3.63) is 331 Å². The van der Waals surface area contributed by atoms with Crippen molar-refractivity contribution in [1.29, 1.82) is 0 Å². The lowest BCUT2D eigenvalue weighted by Crippen LogP contribution is -2.39. The highest BCUT2D eigenvalue weighted by atomic mass is 15.1. The largest absolute Gasteiger partial charge is 0.311 e. The fourth-order valence-corrected chi connectivity index (χ4v) is 10.4. The molecule has 68 heavy (non-hydrogen) atoms. The minimum atomic E-state index is -0.696. The van der Waals surface area contributed by atoms with E-state index in [9.17, 15) is 0 Å². The average Bonchev–Trinajstić information content (AvgIpc) is 3.43. The second-order valence-electron chi connectivity index (χ2n) is 17.2. The lowest BCUT2D eigenvalue weighted by atomic mass is 9.54. The molecule has 2 heteroatoms. The average molecular weight is 871 g/mol. The molecule has 0 amide bonds. The SMILES string of the molecule is C1=C(c2ccc(N(c3ccccc3)c3ccccc3)cc2)C(c2ccccc2)=C(c2ccccc2)C(c2ccccc2)(c2ccc(N(c3ccccc3)c3ccccc3)cc2)C1c1ccccc1. The molecule has 0 spiro atoms. The summed E-state index contributed by atoms with van der Waals surface area (Å²) in [6, 6.07) is 106. The van der Waals surface area contributed by atoms with Crippen LogP contribution in [0.4, 0.5) is 34.1 Å². The lowest BCUT2D eigenvalue weighted by molar-refractivity contribution is 0.587. The number of benzene rings is 10. The van der Waals surface area contributed by atoms with Crippen molar-refractivity contribution in [3.63, 3.8) is 0 Å². The van der Waals surface area contributed by atoms with Gasteiger partial charge in [-0.1, -0.05) is 224 Å². The van der Waals surface area contributed by atoms with E-state index < -0.39 is 5.41 Å². The number of allylic oxidation sites excluding steroid dienone is 4. The van der Waals surface area contributed by atoms with E-state index in [1.807, 2.05) is 0 Å². The number of para-hydroxylation sites is 4. The van der Waals surface area contributed by atoms with Gasteiger partial charge in [-0.2, -0.15) is 0 Å². The van der Waals surface area contributed by atoms with Crippen molar-refractivity contribution in [1.82, 2.24) is 0 Å². The molecule has 0 aromatic heterocycles. The topological polar surface area (TPSA) is 6.48 Å². The molecule has 11 rings (SSSR count). The first kappa shape index (κ1) is 41.9. The molecule has 0 heterocycles. The molecular weight excluding hydrogens is 821 g/mol. The maximum atomic E-state index is 2.58. The molecule has 0 aliphatic heterocycles. The Morgan fingerprint density at radius 3 is 1.01 bits per heavy atom. The first-order valence-electron chi connectivity index (χ1n) is 23.5. The molecule has 2 nitrogen and oxygen atoms in total. The Bertz CT molecular complexity index is 3190. The van der Waals surface area contributed by atoms with Crippen LogP contribution in [-0.2, 0) is 5.41 Å². The Kier molecular flexibility index (Phi) is 11.7. The van der Waals surface area contributed by atoms with Crippen molar-refractivity contribution in [3.8, 4) is 0 Å². The number of hydrogen-bond acceptors (Lipinski definition) is 2. The summed E-state index contributed by atoms with van der Waals surface area (Å²) in [5, 5.41) is 0. The van der Waals surface area contributed by atoms with Gasteiger partial charge < -0.3 is 9.80 Å². The maximum absolute atomic E-state index is 2.58. The van der Waals surface area contributed by atoms with E-state index in [1.165, 1.54) is 44.5 Å². The maximum Gasteiger partial charge on any atom is 0.0566 e. The molecule has 0 radical (unpaired) electrons. The molecule has 10 aromatic carbocycles. The number of hydrogen-bond donors (Lipinski definition) is 0. The van der Waals surface area contributed by atoms with Crippen molar-refractivity contribution < 1.29 is 0 Å². The van der Waals surface area contributed by atoms with E-state index in [0.29, 0.717) is 0 Å². The minimum absolute atomic E-state index is 0.126. The zero-order valence-electron chi connectivity index (χ0n) is 37.8. The molecule has 324 valence electrons. The Morgan fingerprint density at radius 1 is 0.265 bits per heavy atom. The van der Waals surface area contributed by atoms with Gasteiger partial charge in [0, 0.05) is 40.0 Å². The normalized spacial score (nSPS) is 15.6. The molecule has 0 N–H and O–H groups in total. The van der Waals surface area contributed by atoms with Crippen LogP contribution in [0.25, 0.3) is 16.7 Å². The Labute approximate surface area is 400 Å². The highest BCUT2D eigenvalue weighted by Gasteiger charge is 2.50. The van der Waals surface area contributed by atoms with Gasteiger partial charge >= 0.3 is 0 Å². The molecule has 0 saturated heterocycles. The third-order valence-corrected chi connectivity index (χ3v) is 13.3. The standard InChI is InChI=1S/C66H50N2/c1-9-25-51(26-10-1)63-49-62(50-41-45-60(46-42-50)67(56-33-17-5-18-34-56)57-35-19-6-20-36-57)64(52-27-11-2-12-28-52)65(53-29-13-3-14-30-53)66(63,54-31-15-4-16-32-54)55-43-47-61(48-44-55)68(58-37-21-7-22-38-58)59-39-23-8-24-40-59/h1-49,63H.